The van der Waals surface area contributed by atoms with Crippen molar-refractivity contribution in [2.45, 2.75) is 44.8 Å². The molecule has 180 valence electrons. The lowest BCUT2D eigenvalue weighted by Gasteiger charge is -2.25. The summed E-state index contributed by atoms with van der Waals surface area (Å²) in [6.45, 7) is 6.11. The Balaban J connectivity index is 1.35. The van der Waals surface area contributed by atoms with Crippen molar-refractivity contribution in [2.75, 3.05) is 37.7 Å². The maximum atomic E-state index is 15.2. The standard InChI is InChI=1S/C27H32FN3O3/c1-2-22(32)18-34-23-6-7-24-19(15-23)9-14-31(27(24)33)20-5-8-26(25(28)16-20)30-13-10-21(17-30)29-11-3-4-12-29/h5-9,14-16,21-22,32H,2-4,10-13,17-18H2,1H3/t21-,22-/m1/s1. The molecule has 2 aromatic carbocycles. The number of anilines is 1. The number of fused-ring (bicyclic) bond motifs is 1. The summed E-state index contributed by atoms with van der Waals surface area (Å²) in [5.41, 5.74) is 0.908. The number of pyridine rings is 1. The molecule has 5 rings (SSSR count). The number of hydrogen-bond donors (Lipinski definition) is 1. The van der Waals surface area contributed by atoms with E-state index in [2.05, 4.69) is 9.80 Å². The van der Waals surface area contributed by atoms with Crippen LogP contribution in [-0.2, 0) is 0 Å². The molecular formula is C27H32FN3O3. The summed E-state index contributed by atoms with van der Waals surface area (Å²) >= 11 is 0. The van der Waals surface area contributed by atoms with Gasteiger partial charge in [0.2, 0.25) is 0 Å². The lowest BCUT2D eigenvalue weighted by molar-refractivity contribution is 0.104. The highest BCUT2D eigenvalue weighted by molar-refractivity contribution is 5.83. The van der Waals surface area contributed by atoms with Crippen LogP contribution < -0.4 is 15.2 Å². The third kappa shape index (κ3) is 4.55. The number of likely N-dealkylation sites (tertiary alicyclic amines) is 1. The summed E-state index contributed by atoms with van der Waals surface area (Å²) < 4.78 is 22.3. The minimum Gasteiger partial charge on any atom is -0.491 e. The van der Waals surface area contributed by atoms with E-state index in [0.717, 1.165) is 38.0 Å². The van der Waals surface area contributed by atoms with Gasteiger partial charge in [-0.2, -0.15) is 0 Å². The molecule has 0 spiro atoms. The summed E-state index contributed by atoms with van der Waals surface area (Å²) in [6, 6.07) is 12.6. The predicted molar refractivity (Wildman–Crippen MR) is 133 cm³/mol. The average Bonchev–Trinajstić information content (AvgIpc) is 3.55. The minimum atomic E-state index is -0.520. The number of ether oxygens (including phenoxy) is 1. The number of aliphatic hydroxyl groups excluding tert-OH is 1. The van der Waals surface area contributed by atoms with Gasteiger partial charge in [0, 0.05) is 36.8 Å². The first-order valence-corrected chi connectivity index (χ1v) is 12.3. The van der Waals surface area contributed by atoms with Crippen LogP contribution in [0, 0.1) is 5.82 Å². The normalized spacial score (nSPS) is 19.7. The highest BCUT2D eigenvalue weighted by Crippen LogP contribution is 2.29. The fourth-order valence-electron chi connectivity index (χ4n) is 5.10. The van der Waals surface area contributed by atoms with Crippen molar-refractivity contribution >= 4 is 16.5 Å². The van der Waals surface area contributed by atoms with Crippen LogP contribution in [-0.4, -0.2) is 59.5 Å². The van der Waals surface area contributed by atoms with E-state index in [0.29, 0.717) is 35.0 Å². The highest BCUT2D eigenvalue weighted by atomic mass is 19.1. The van der Waals surface area contributed by atoms with Gasteiger partial charge in [0.1, 0.15) is 18.2 Å². The molecule has 0 amide bonds. The van der Waals surface area contributed by atoms with Crippen LogP contribution >= 0.6 is 0 Å². The zero-order valence-corrected chi connectivity index (χ0v) is 19.6. The molecule has 3 heterocycles. The summed E-state index contributed by atoms with van der Waals surface area (Å²) in [5, 5.41) is 11.0. The number of hydrogen-bond acceptors (Lipinski definition) is 5. The molecule has 0 saturated carbocycles. The van der Waals surface area contributed by atoms with Crippen molar-refractivity contribution in [3.63, 3.8) is 0 Å². The Morgan fingerprint density at radius 3 is 2.71 bits per heavy atom. The van der Waals surface area contributed by atoms with Gasteiger partial charge in [-0.05, 0) is 80.6 Å². The topological polar surface area (TPSA) is 57.9 Å². The third-order valence-electron chi connectivity index (χ3n) is 7.16. The second-order valence-corrected chi connectivity index (χ2v) is 9.38. The van der Waals surface area contributed by atoms with E-state index in [4.69, 9.17) is 4.74 Å². The monoisotopic (exact) mass is 465 g/mol. The summed E-state index contributed by atoms with van der Waals surface area (Å²) in [6.07, 6.45) is 5.35. The van der Waals surface area contributed by atoms with E-state index in [1.807, 2.05) is 19.1 Å². The van der Waals surface area contributed by atoms with Gasteiger partial charge in [0.15, 0.2) is 0 Å². The number of aromatic nitrogens is 1. The molecule has 3 aromatic rings. The minimum absolute atomic E-state index is 0.208. The molecule has 0 bridgehead atoms. The van der Waals surface area contributed by atoms with Gasteiger partial charge in [0.25, 0.3) is 5.56 Å². The third-order valence-corrected chi connectivity index (χ3v) is 7.16. The van der Waals surface area contributed by atoms with Crippen molar-refractivity contribution < 1.29 is 14.2 Å². The Morgan fingerprint density at radius 1 is 1.12 bits per heavy atom. The molecule has 0 radical (unpaired) electrons. The molecule has 0 unspecified atom stereocenters. The molecule has 2 atom stereocenters. The van der Waals surface area contributed by atoms with Crippen molar-refractivity contribution in [3.8, 4) is 11.4 Å². The van der Waals surface area contributed by atoms with Gasteiger partial charge in [-0.25, -0.2) is 4.39 Å². The van der Waals surface area contributed by atoms with E-state index in [1.54, 1.807) is 30.5 Å². The van der Waals surface area contributed by atoms with Gasteiger partial charge < -0.3 is 14.7 Å². The largest absolute Gasteiger partial charge is 0.491 e. The molecule has 2 fully saturated rings. The SMILES string of the molecule is CC[C@@H](O)COc1ccc2c(=O)n(-c3ccc(N4CC[C@@H](N5CCCC5)C4)c(F)c3)ccc2c1. The van der Waals surface area contributed by atoms with Gasteiger partial charge in [-0.15, -0.1) is 0 Å². The number of rotatable bonds is 7. The number of nitrogens with zero attached hydrogens (tertiary/aromatic N) is 3. The first kappa shape index (κ1) is 22.9. The first-order valence-electron chi connectivity index (χ1n) is 12.3. The predicted octanol–water partition coefficient (Wildman–Crippen LogP) is 3.95. The molecular weight excluding hydrogens is 433 g/mol. The number of aliphatic hydroxyl groups is 1. The van der Waals surface area contributed by atoms with Crippen LogP contribution in [0.3, 0.4) is 0 Å². The van der Waals surface area contributed by atoms with E-state index in [9.17, 15) is 9.90 Å². The highest BCUT2D eigenvalue weighted by Gasteiger charge is 2.30. The van der Waals surface area contributed by atoms with Crippen molar-refractivity contribution in [2.24, 2.45) is 0 Å². The van der Waals surface area contributed by atoms with E-state index in [1.165, 1.54) is 23.5 Å². The fourth-order valence-corrected chi connectivity index (χ4v) is 5.10. The second kappa shape index (κ2) is 9.76. The quantitative estimate of drug-likeness (QED) is 0.573. The van der Waals surface area contributed by atoms with Crippen molar-refractivity contribution in [1.29, 1.82) is 0 Å². The summed E-state index contributed by atoms with van der Waals surface area (Å²) in [7, 11) is 0. The van der Waals surface area contributed by atoms with Crippen molar-refractivity contribution in [1.82, 2.24) is 9.47 Å². The van der Waals surface area contributed by atoms with Gasteiger partial charge in [-0.1, -0.05) is 6.92 Å². The lowest BCUT2D eigenvalue weighted by Crippen LogP contribution is -2.35. The summed E-state index contributed by atoms with van der Waals surface area (Å²) in [4.78, 5) is 17.8. The van der Waals surface area contributed by atoms with Gasteiger partial charge >= 0.3 is 0 Å². The van der Waals surface area contributed by atoms with Crippen LogP contribution in [0.4, 0.5) is 10.1 Å². The van der Waals surface area contributed by atoms with Crippen LogP contribution in [0.25, 0.3) is 16.5 Å². The van der Waals surface area contributed by atoms with Gasteiger partial charge in [0.05, 0.1) is 17.5 Å². The molecule has 7 heteroatoms. The van der Waals surface area contributed by atoms with Crippen LogP contribution in [0.15, 0.2) is 53.5 Å². The number of halogens is 1. The molecule has 1 N–H and O–H groups in total. The second-order valence-electron chi connectivity index (χ2n) is 9.38. The van der Waals surface area contributed by atoms with Crippen LogP contribution in [0.1, 0.15) is 32.6 Å². The van der Waals surface area contributed by atoms with Crippen molar-refractivity contribution in [3.05, 3.63) is 64.8 Å². The molecule has 2 aliphatic rings. The lowest BCUT2D eigenvalue weighted by atomic mass is 10.1. The molecule has 1 aromatic heterocycles. The molecule has 2 saturated heterocycles. The molecule has 34 heavy (non-hydrogen) atoms. The van der Waals surface area contributed by atoms with E-state index >= 15 is 4.39 Å². The molecule has 0 aliphatic carbocycles. The van der Waals surface area contributed by atoms with Crippen LogP contribution in [0.5, 0.6) is 5.75 Å². The van der Waals surface area contributed by atoms with Gasteiger partial charge in [-0.3, -0.25) is 14.3 Å². The zero-order valence-electron chi connectivity index (χ0n) is 19.6. The Kier molecular flexibility index (Phi) is 6.57. The average molecular weight is 466 g/mol. The zero-order chi connectivity index (χ0) is 23.7. The number of benzene rings is 2. The van der Waals surface area contributed by atoms with E-state index < -0.39 is 6.10 Å². The molecule has 6 nitrogen and oxygen atoms in total. The fraction of sp³-hybridized carbons (Fsp3) is 0.444. The molecule has 2 aliphatic heterocycles. The van der Waals surface area contributed by atoms with Crippen LogP contribution in [0.2, 0.25) is 0 Å². The smallest absolute Gasteiger partial charge is 0.262 e. The Morgan fingerprint density at radius 2 is 1.94 bits per heavy atom. The van der Waals surface area contributed by atoms with E-state index in [-0.39, 0.29) is 18.0 Å². The Bertz CT molecular complexity index is 1220. The maximum Gasteiger partial charge on any atom is 0.262 e. The summed E-state index contributed by atoms with van der Waals surface area (Å²) in [5.74, 6) is 0.301. The maximum absolute atomic E-state index is 15.2. The Labute approximate surface area is 199 Å². The Hall–Kier alpha value is -2.90. The first-order chi connectivity index (χ1) is 16.5.